The number of anilines is 2. The smallest absolute Gasteiger partial charge is 0.267 e. The minimum absolute atomic E-state index is 0.213. The highest BCUT2D eigenvalue weighted by Gasteiger charge is 2.32. The number of rotatable bonds is 3. The zero-order valence-corrected chi connectivity index (χ0v) is 11.3. The van der Waals surface area contributed by atoms with Gasteiger partial charge in [-0.3, -0.25) is 4.79 Å². The summed E-state index contributed by atoms with van der Waals surface area (Å²) in [4.78, 5) is 17.5. The molecule has 0 aliphatic carbocycles. The molecule has 6 heteroatoms. The Balaban J connectivity index is 2.30. The lowest BCUT2D eigenvalue weighted by atomic mass is 9.94. The number of amides is 1. The molecule has 1 aliphatic rings. The topological polar surface area (TPSA) is 94.5 Å². The second kappa shape index (κ2) is 5.05. The number of hydrogen-bond acceptors (Lipinski definition) is 5. The molecule has 1 atom stereocenters. The molecule has 104 valence electrons. The van der Waals surface area contributed by atoms with Gasteiger partial charge in [0.2, 0.25) is 0 Å². The molecule has 2 rings (SSSR count). The van der Waals surface area contributed by atoms with E-state index in [0.717, 1.165) is 19.4 Å². The SMILES string of the molecule is COC1(C)CCCN(c2nc(C(N)=O)ccc2N)C1. The van der Waals surface area contributed by atoms with Crippen LogP contribution in [0, 0.1) is 0 Å². The van der Waals surface area contributed by atoms with E-state index in [9.17, 15) is 4.79 Å². The highest BCUT2D eigenvalue weighted by molar-refractivity contribution is 5.91. The summed E-state index contributed by atoms with van der Waals surface area (Å²) in [5, 5.41) is 0. The molecule has 1 saturated heterocycles. The first-order chi connectivity index (χ1) is 8.95. The van der Waals surface area contributed by atoms with E-state index in [4.69, 9.17) is 16.2 Å². The molecule has 0 radical (unpaired) electrons. The van der Waals surface area contributed by atoms with Crippen LogP contribution in [0.5, 0.6) is 0 Å². The molecule has 1 aromatic heterocycles. The summed E-state index contributed by atoms with van der Waals surface area (Å²) in [7, 11) is 1.71. The number of aromatic nitrogens is 1. The first-order valence-electron chi connectivity index (χ1n) is 6.31. The lowest BCUT2D eigenvalue weighted by molar-refractivity contribution is -0.00478. The molecule has 1 fully saturated rings. The Bertz CT molecular complexity index is 492. The zero-order chi connectivity index (χ0) is 14.0. The van der Waals surface area contributed by atoms with Gasteiger partial charge >= 0.3 is 0 Å². The highest BCUT2D eigenvalue weighted by Crippen LogP contribution is 2.30. The van der Waals surface area contributed by atoms with E-state index >= 15 is 0 Å². The third-order valence-electron chi connectivity index (χ3n) is 3.61. The Kier molecular flexibility index (Phi) is 3.61. The lowest BCUT2D eigenvalue weighted by Gasteiger charge is -2.40. The van der Waals surface area contributed by atoms with E-state index in [1.807, 2.05) is 0 Å². The summed E-state index contributed by atoms with van der Waals surface area (Å²) in [5.74, 6) is 0.0621. The standard InChI is InChI=1S/C13H20N4O2/c1-13(19-2)6-3-7-17(8-13)12-9(14)4-5-10(16-12)11(15)18/h4-5H,3,6-8,14H2,1-2H3,(H2,15,18). The van der Waals surface area contributed by atoms with Crippen LogP contribution in [0.4, 0.5) is 11.5 Å². The number of hydrogen-bond donors (Lipinski definition) is 2. The number of nitrogens with zero attached hydrogens (tertiary/aromatic N) is 2. The molecule has 19 heavy (non-hydrogen) atoms. The predicted octanol–water partition coefficient (Wildman–Crippen LogP) is 0.768. The van der Waals surface area contributed by atoms with Crippen LogP contribution in [0.25, 0.3) is 0 Å². The molecule has 1 aromatic rings. The quantitative estimate of drug-likeness (QED) is 0.840. The van der Waals surface area contributed by atoms with Crippen LogP contribution in [0.1, 0.15) is 30.3 Å². The van der Waals surface area contributed by atoms with Gasteiger partial charge in [0.05, 0.1) is 11.3 Å². The third kappa shape index (κ3) is 2.78. The molecule has 1 amide bonds. The first kappa shape index (κ1) is 13.6. The van der Waals surface area contributed by atoms with Crippen LogP contribution in [0.3, 0.4) is 0 Å². The van der Waals surface area contributed by atoms with E-state index in [1.54, 1.807) is 19.2 Å². The number of nitrogens with two attached hydrogens (primary N) is 2. The van der Waals surface area contributed by atoms with E-state index < -0.39 is 5.91 Å². The van der Waals surface area contributed by atoms with Crippen molar-refractivity contribution in [3.8, 4) is 0 Å². The van der Waals surface area contributed by atoms with Crippen molar-refractivity contribution in [2.45, 2.75) is 25.4 Å². The van der Waals surface area contributed by atoms with Gasteiger partial charge in [-0.25, -0.2) is 4.98 Å². The van der Waals surface area contributed by atoms with Gasteiger partial charge in [-0.05, 0) is 31.9 Å². The Hall–Kier alpha value is -1.82. The van der Waals surface area contributed by atoms with Gasteiger partial charge in [0.15, 0.2) is 5.82 Å². The Labute approximate surface area is 112 Å². The Morgan fingerprint density at radius 3 is 2.89 bits per heavy atom. The number of primary amides is 1. The molecule has 0 bridgehead atoms. The van der Waals surface area contributed by atoms with E-state index in [0.29, 0.717) is 18.1 Å². The van der Waals surface area contributed by atoms with Crippen LogP contribution >= 0.6 is 0 Å². The second-order valence-electron chi connectivity index (χ2n) is 5.15. The molecular formula is C13H20N4O2. The largest absolute Gasteiger partial charge is 0.396 e. The predicted molar refractivity (Wildman–Crippen MR) is 74.0 cm³/mol. The normalized spacial score (nSPS) is 23.4. The summed E-state index contributed by atoms with van der Waals surface area (Å²) in [6.45, 7) is 3.61. The molecule has 4 N–H and O–H groups in total. The molecule has 2 heterocycles. The van der Waals surface area contributed by atoms with Gasteiger partial charge in [-0.1, -0.05) is 0 Å². The summed E-state index contributed by atoms with van der Waals surface area (Å²) in [6, 6.07) is 3.21. The van der Waals surface area contributed by atoms with Gasteiger partial charge in [0.1, 0.15) is 5.69 Å². The number of methoxy groups -OCH3 is 1. The molecule has 1 unspecified atom stereocenters. The van der Waals surface area contributed by atoms with Gasteiger partial charge < -0.3 is 21.1 Å². The fourth-order valence-corrected chi connectivity index (χ4v) is 2.40. The third-order valence-corrected chi connectivity index (χ3v) is 3.61. The van der Waals surface area contributed by atoms with Gasteiger partial charge in [0.25, 0.3) is 5.91 Å². The van der Waals surface area contributed by atoms with E-state index in [-0.39, 0.29) is 11.3 Å². The van der Waals surface area contributed by atoms with E-state index in [2.05, 4.69) is 16.8 Å². The zero-order valence-electron chi connectivity index (χ0n) is 11.3. The van der Waals surface area contributed by atoms with Crippen LogP contribution in [-0.4, -0.2) is 36.7 Å². The maximum atomic E-state index is 11.2. The van der Waals surface area contributed by atoms with Gasteiger partial charge in [-0.15, -0.1) is 0 Å². The lowest BCUT2D eigenvalue weighted by Crippen LogP contribution is -2.48. The first-order valence-corrected chi connectivity index (χ1v) is 6.31. The highest BCUT2D eigenvalue weighted by atomic mass is 16.5. The average Bonchev–Trinajstić information content (AvgIpc) is 2.39. The monoisotopic (exact) mass is 264 g/mol. The van der Waals surface area contributed by atoms with Crippen molar-refractivity contribution in [1.29, 1.82) is 0 Å². The minimum atomic E-state index is -0.548. The van der Waals surface area contributed by atoms with Gasteiger partial charge in [-0.2, -0.15) is 0 Å². The molecule has 1 aliphatic heterocycles. The van der Waals surface area contributed by atoms with Crippen LogP contribution < -0.4 is 16.4 Å². The van der Waals surface area contributed by atoms with E-state index in [1.165, 1.54) is 0 Å². The van der Waals surface area contributed by atoms with Crippen molar-refractivity contribution in [2.75, 3.05) is 30.8 Å². The maximum absolute atomic E-state index is 11.2. The summed E-state index contributed by atoms with van der Waals surface area (Å²) >= 11 is 0. The maximum Gasteiger partial charge on any atom is 0.267 e. The van der Waals surface area contributed by atoms with Crippen LogP contribution in [0.15, 0.2) is 12.1 Å². The molecule has 0 aromatic carbocycles. The van der Waals surface area contributed by atoms with Crippen molar-refractivity contribution in [2.24, 2.45) is 5.73 Å². The molecule has 0 saturated carbocycles. The summed E-state index contributed by atoms with van der Waals surface area (Å²) in [5.41, 5.74) is 11.8. The summed E-state index contributed by atoms with van der Waals surface area (Å²) in [6.07, 6.45) is 1.99. The number of nitrogen functional groups attached to an aromatic ring is 1. The number of piperidine rings is 1. The summed E-state index contributed by atoms with van der Waals surface area (Å²) < 4.78 is 5.55. The fourth-order valence-electron chi connectivity index (χ4n) is 2.40. The number of ether oxygens (including phenoxy) is 1. The minimum Gasteiger partial charge on any atom is -0.396 e. The molecular weight excluding hydrogens is 244 g/mol. The number of pyridine rings is 1. The number of carbonyl (C=O) groups is 1. The van der Waals surface area contributed by atoms with Crippen molar-refractivity contribution in [3.05, 3.63) is 17.8 Å². The van der Waals surface area contributed by atoms with Crippen LogP contribution in [-0.2, 0) is 4.74 Å². The number of carbonyl (C=O) groups excluding carboxylic acids is 1. The Morgan fingerprint density at radius 1 is 1.53 bits per heavy atom. The second-order valence-corrected chi connectivity index (χ2v) is 5.15. The Morgan fingerprint density at radius 2 is 2.26 bits per heavy atom. The van der Waals surface area contributed by atoms with Crippen molar-refractivity contribution >= 4 is 17.4 Å². The van der Waals surface area contributed by atoms with Crippen LogP contribution in [0.2, 0.25) is 0 Å². The molecule has 0 spiro atoms. The molecule has 6 nitrogen and oxygen atoms in total. The van der Waals surface area contributed by atoms with Crippen molar-refractivity contribution in [3.63, 3.8) is 0 Å². The van der Waals surface area contributed by atoms with Crippen molar-refractivity contribution < 1.29 is 9.53 Å². The van der Waals surface area contributed by atoms with Crippen molar-refractivity contribution in [1.82, 2.24) is 4.98 Å². The fraction of sp³-hybridized carbons (Fsp3) is 0.538. The van der Waals surface area contributed by atoms with Gasteiger partial charge in [0, 0.05) is 20.2 Å². The average molecular weight is 264 g/mol.